The summed E-state index contributed by atoms with van der Waals surface area (Å²) >= 11 is 3.37. The molecule has 0 saturated heterocycles. The number of benzene rings is 2. The Bertz CT molecular complexity index is 590. The minimum Gasteiger partial charge on any atom is -0.398 e. The summed E-state index contributed by atoms with van der Waals surface area (Å²) in [7, 11) is 0. The molecule has 0 atom stereocenters. The molecular weight excluding hydrogens is 302 g/mol. The van der Waals surface area contributed by atoms with Crippen LogP contribution in [0.4, 0.5) is 5.69 Å². The van der Waals surface area contributed by atoms with Crippen molar-refractivity contribution >= 4 is 27.4 Å². The van der Waals surface area contributed by atoms with Gasteiger partial charge in [-0.1, -0.05) is 43.7 Å². The van der Waals surface area contributed by atoms with Crippen LogP contribution in [0.5, 0.6) is 0 Å². The quantitative estimate of drug-likeness (QED) is 0.678. The largest absolute Gasteiger partial charge is 0.398 e. The van der Waals surface area contributed by atoms with E-state index in [0.717, 1.165) is 12.8 Å². The average molecular weight is 318 g/mol. The topological polar surface area (TPSA) is 43.1 Å². The van der Waals surface area contributed by atoms with E-state index >= 15 is 0 Å². The molecule has 0 radical (unpaired) electrons. The van der Waals surface area contributed by atoms with E-state index in [-0.39, 0.29) is 5.78 Å². The van der Waals surface area contributed by atoms with Crippen molar-refractivity contribution < 1.29 is 4.79 Å². The Balaban J connectivity index is 2.31. The number of hydrogen-bond donors (Lipinski definition) is 1. The van der Waals surface area contributed by atoms with E-state index < -0.39 is 0 Å². The maximum Gasteiger partial charge on any atom is 0.194 e. The molecule has 0 saturated carbocycles. The molecule has 0 aliphatic carbocycles. The van der Waals surface area contributed by atoms with Crippen molar-refractivity contribution in [3.8, 4) is 0 Å². The predicted molar refractivity (Wildman–Crippen MR) is 82.4 cm³/mol. The molecule has 0 unspecified atom stereocenters. The predicted octanol–water partition coefficient (Wildman–Crippen LogP) is 4.21. The van der Waals surface area contributed by atoms with Crippen LogP contribution in [0.25, 0.3) is 0 Å². The summed E-state index contributed by atoms with van der Waals surface area (Å²) in [4.78, 5) is 12.4. The number of nitrogen functional groups attached to an aromatic ring is 1. The summed E-state index contributed by atoms with van der Waals surface area (Å²) in [5, 5.41) is 0. The van der Waals surface area contributed by atoms with Crippen molar-refractivity contribution in [1.29, 1.82) is 0 Å². The van der Waals surface area contributed by atoms with Gasteiger partial charge in [0.15, 0.2) is 5.78 Å². The summed E-state index contributed by atoms with van der Waals surface area (Å²) < 4.78 is 0.664. The molecule has 19 heavy (non-hydrogen) atoms. The van der Waals surface area contributed by atoms with Crippen molar-refractivity contribution in [2.45, 2.75) is 19.8 Å². The zero-order valence-electron chi connectivity index (χ0n) is 10.8. The molecule has 0 heterocycles. The molecule has 0 aliphatic heterocycles. The number of aryl methyl sites for hydroxylation is 1. The van der Waals surface area contributed by atoms with E-state index in [9.17, 15) is 4.79 Å². The van der Waals surface area contributed by atoms with Gasteiger partial charge in [-0.3, -0.25) is 4.79 Å². The fraction of sp³-hybridized carbons (Fsp3) is 0.188. The van der Waals surface area contributed by atoms with Gasteiger partial charge in [0.1, 0.15) is 0 Å². The first kappa shape index (κ1) is 13.8. The van der Waals surface area contributed by atoms with Crippen molar-refractivity contribution in [2.24, 2.45) is 0 Å². The second kappa shape index (κ2) is 6.02. The van der Waals surface area contributed by atoms with Crippen LogP contribution in [0.2, 0.25) is 0 Å². The van der Waals surface area contributed by atoms with E-state index in [1.54, 1.807) is 18.2 Å². The molecule has 0 fully saturated rings. The first-order valence-corrected chi connectivity index (χ1v) is 7.10. The van der Waals surface area contributed by atoms with Crippen LogP contribution in [0.1, 0.15) is 34.8 Å². The van der Waals surface area contributed by atoms with Gasteiger partial charge >= 0.3 is 0 Å². The highest BCUT2D eigenvalue weighted by Gasteiger charge is 2.13. The fourth-order valence-corrected chi connectivity index (χ4v) is 2.44. The maximum absolute atomic E-state index is 12.4. The van der Waals surface area contributed by atoms with E-state index in [1.807, 2.05) is 24.3 Å². The van der Waals surface area contributed by atoms with Gasteiger partial charge in [-0.25, -0.2) is 0 Å². The van der Waals surface area contributed by atoms with Crippen molar-refractivity contribution in [3.63, 3.8) is 0 Å². The van der Waals surface area contributed by atoms with Crippen LogP contribution < -0.4 is 5.73 Å². The smallest absolute Gasteiger partial charge is 0.194 e. The van der Waals surface area contributed by atoms with E-state index in [2.05, 4.69) is 22.9 Å². The highest BCUT2D eigenvalue weighted by Crippen LogP contribution is 2.26. The number of halogens is 1. The van der Waals surface area contributed by atoms with Crippen molar-refractivity contribution in [2.75, 3.05) is 5.73 Å². The third-order valence-electron chi connectivity index (χ3n) is 3.03. The Hall–Kier alpha value is -1.61. The first-order valence-electron chi connectivity index (χ1n) is 6.31. The number of ketones is 1. The molecule has 0 amide bonds. The van der Waals surface area contributed by atoms with Gasteiger partial charge in [-0.2, -0.15) is 0 Å². The Labute approximate surface area is 121 Å². The van der Waals surface area contributed by atoms with Crippen molar-refractivity contribution in [3.05, 3.63) is 63.6 Å². The van der Waals surface area contributed by atoms with Gasteiger partial charge in [0, 0.05) is 16.8 Å². The third kappa shape index (κ3) is 3.04. The lowest BCUT2D eigenvalue weighted by molar-refractivity contribution is 0.103. The molecule has 0 bridgehead atoms. The SMILES string of the molecule is CCCc1ccc(C(=O)c2cccc(N)c2Br)cc1. The molecular formula is C16H16BrNO. The summed E-state index contributed by atoms with van der Waals surface area (Å²) in [5.41, 5.74) is 8.92. The number of rotatable bonds is 4. The van der Waals surface area contributed by atoms with Gasteiger partial charge in [0.25, 0.3) is 0 Å². The fourth-order valence-electron chi connectivity index (χ4n) is 1.99. The Kier molecular flexibility index (Phi) is 4.38. The van der Waals surface area contributed by atoms with Gasteiger partial charge in [-0.15, -0.1) is 0 Å². The minimum absolute atomic E-state index is 0.0118. The monoisotopic (exact) mass is 317 g/mol. The zero-order chi connectivity index (χ0) is 13.8. The minimum atomic E-state index is -0.0118. The molecule has 2 aromatic rings. The first-order chi connectivity index (χ1) is 9.13. The Morgan fingerprint density at radius 2 is 1.84 bits per heavy atom. The van der Waals surface area contributed by atoms with Gasteiger partial charge < -0.3 is 5.73 Å². The summed E-state index contributed by atoms with van der Waals surface area (Å²) in [5.74, 6) is -0.0118. The zero-order valence-corrected chi connectivity index (χ0v) is 12.4. The van der Waals surface area contributed by atoms with Gasteiger partial charge in [0.05, 0.1) is 4.47 Å². The van der Waals surface area contributed by atoms with E-state index in [0.29, 0.717) is 21.3 Å². The van der Waals surface area contributed by atoms with Crippen LogP contribution in [0, 0.1) is 0 Å². The molecule has 98 valence electrons. The molecule has 3 heteroatoms. The summed E-state index contributed by atoms with van der Waals surface area (Å²) in [6.07, 6.45) is 2.14. The lowest BCUT2D eigenvalue weighted by Crippen LogP contribution is -2.04. The molecule has 2 N–H and O–H groups in total. The lowest BCUT2D eigenvalue weighted by atomic mass is 10.0. The van der Waals surface area contributed by atoms with Gasteiger partial charge in [-0.05, 0) is 40.0 Å². The van der Waals surface area contributed by atoms with Gasteiger partial charge in [0.2, 0.25) is 0 Å². The van der Waals surface area contributed by atoms with Crippen LogP contribution in [0.15, 0.2) is 46.9 Å². The number of anilines is 1. The van der Waals surface area contributed by atoms with Crippen molar-refractivity contribution in [1.82, 2.24) is 0 Å². The standard InChI is InChI=1S/C16H16BrNO/c1-2-4-11-7-9-12(10-8-11)16(19)13-5-3-6-14(18)15(13)17/h3,5-10H,2,4,18H2,1H3. The summed E-state index contributed by atoms with van der Waals surface area (Å²) in [6, 6.07) is 13.1. The van der Waals surface area contributed by atoms with Crippen LogP contribution >= 0.6 is 15.9 Å². The normalized spacial score (nSPS) is 10.4. The van der Waals surface area contributed by atoms with E-state index in [1.165, 1.54) is 5.56 Å². The Morgan fingerprint density at radius 3 is 2.47 bits per heavy atom. The molecule has 2 aromatic carbocycles. The highest BCUT2D eigenvalue weighted by atomic mass is 79.9. The Morgan fingerprint density at radius 1 is 1.16 bits per heavy atom. The maximum atomic E-state index is 12.4. The van der Waals surface area contributed by atoms with Crippen LogP contribution in [-0.2, 0) is 6.42 Å². The highest BCUT2D eigenvalue weighted by molar-refractivity contribution is 9.10. The molecule has 0 aliphatic rings. The second-order valence-electron chi connectivity index (χ2n) is 4.48. The summed E-state index contributed by atoms with van der Waals surface area (Å²) in [6.45, 7) is 2.14. The average Bonchev–Trinajstić information content (AvgIpc) is 2.42. The van der Waals surface area contributed by atoms with Crippen LogP contribution in [-0.4, -0.2) is 5.78 Å². The van der Waals surface area contributed by atoms with E-state index in [4.69, 9.17) is 5.73 Å². The second-order valence-corrected chi connectivity index (χ2v) is 5.28. The number of nitrogens with two attached hydrogens (primary N) is 1. The number of hydrogen-bond acceptors (Lipinski definition) is 2. The molecule has 0 spiro atoms. The molecule has 0 aromatic heterocycles. The number of carbonyl (C=O) groups is 1. The number of carbonyl (C=O) groups excluding carboxylic acids is 1. The third-order valence-corrected chi connectivity index (χ3v) is 3.91. The molecule has 2 rings (SSSR count). The molecule has 2 nitrogen and oxygen atoms in total. The lowest BCUT2D eigenvalue weighted by Gasteiger charge is -2.07. The van der Waals surface area contributed by atoms with Crippen LogP contribution in [0.3, 0.4) is 0 Å².